The zero-order valence-electron chi connectivity index (χ0n) is 7.49. The highest BCUT2D eigenvalue weighted by molar-refractivity contribution is 5.47. The lowest BCUT2D eigenvalue weighted by molar-refractivity contribution is 0.258. The summed E-state index contributed by atoms with van der Waals surface area (Å²) in [5, 5.41) is 0. The number of nitrogens with two attached hydrogens (primary N) is 1. The van der Waals surface area contributed by atoms with E-state index in [2.05, 4.69) is 12.1 Å². The molecule has 0 saturated heterocycles. The lowest BCUT2D eigenvalue weighted by Crippen LogP contribution is -2.26. The summed E-state index contributed by atoms with van der Waals surface area (Å²) in [6.07, 6.45) is 2.22. The highest BCUT2D eigenvalue weighted by Crippen LogP contribution is 2.54. The van der Waals surface area contributed by atoms with Crippen LogP contribution in [0.4, 0.5) is 0 Å². The smallest absolute Gasteiger partial charge is 0.123 e. The van der Waals surface area contributed by atoms with E-state index in [0.29, 0.717) is 6.04 Å². The first-order chi connectivity index (χ1) is 6.33. The Labute approximate surface area is 77.7 Å². The molecule has 2 nitrogen and oxygen atoms in total. The molecule has 1 spiro atoms. The molecular formula is C11H13NO. The number of ether oxygens (including phenoxy) is 1. The van der Waals surface area contributed by atoms with Crippen molar-refractivity contribution in [3.8, 4) is 5.75 Å². The molecule has 1 aromatic carbocycles. The number of para-hydroxylation sites is 1. The average molecular weight is 175 g/mol. The maximum Gasteiger partial charge on any atom is 0.123 e. The van der Waals surface area contributed by atoms with Crippen LogP contribution in [0.3, 0.4) is 0 Å². The van der Waals surface area contributed by atoms with Crippen molar-refractivity contribution >= 4 is 0 Å². The minimum absolute atomic E-state index is 0.273. The van der Waals surface area contributed by atoms with Crippen LogP contribution in [0.25, 0.3) is 0 Å². The second-order valence-electron chi connectivity index (χ2n) is 4.06. The predicted molar refractivity (Wildman–Crippen MR) is 50.8 cm³/mol. The van der Waals surface area contributed by atoms with E-state index in [1.165, 1.54) is 5.56 Å². The van der Waals surface area contributed by atoms with Gasteiger partial charge in [0.2, 0.25) is 0 Å². The van der Waals surface area contributed by atoms with Gasteiger partial charge in [-0.15, -0.1) is 0 Å². The highest BCUT2D eigenvalue weighted by atomic mass is 16.5. The number of fused-ring (bicyclic) bond motifs is 2. The van der Waals surface area contributed by atoms with Crippen LogP contribution in [0.5, 0.6) is 5.75 Å². The normalized spacial score (nSPS) is 35.3. The van der Waals surface area contributed by atoms with Gasteiger partial charge in [-0.3, -0.25) is 0 Å². The largest absolute Gasteiger partial charge is 0.493 e. The summed E-state index contributed by atoms with van der Waals surface area (Å²) in [5.74, 6) is 1.04. The quantitative estimate of drug-likeness (QED) is 0.647. The molecule has 68 valence electrons. The molecule has 0 radical (unpaired) electrons. The van der Waals surface area contributed by atoms with Crippen LogP contribution in [0.15, 0.2) is 24.3 Å². The van der Waals surface area contributed by atoms with E-state index < -0.39 is 0 Å². The molecule has 1 saturated carbocycles. The maximum absolute atomic E-state index is 5.99. The second-order valence-corrected chi connectivity index (χ2v) is 4.06. The molecular weight excluding hydrogens is 162 g/mol. The van der Waals surface area contributed by atoms with Crippen LogP contribution in [0, 0.1) is 0 Å². The summed E-state index contributed by atoms with van der Waals surface area (Å²) < 4.78 is 5.59. The van der Waals surface area contributed by atoms with Crippen molar-refractivity contribution in [2.45, 2.75) is 24.3 Å². The average Bonchev–Trinajstić information content (AvgIpc) is 2.79. The fraction of sp³-hybridized carbons (Fsp3) is 0.455. The molecule has 1 fully saturated rings. The number of benzene rings is 1. The Morgan fingerprint density at radius 3 is 2.92 bits per heavy atom. The fourth-order valence-corrected chi connectivity index (χ4v) is 2.41. The fourth-order valence-electron chi connectivity index (χ4n) is 2.41. The van der Waals surface area contributed by atoms with Crippen molar-refractivity contribution in [2.75, 3.05) is 6.61 Å². The van der Waals surface area contributed by atoms with Gasteiger partial charge in [0.25, 0.3) is 0 Å². The van der Waals surface area contributed by atoms with Gasteiger partial charge in [0.15, 0.2) is 0 Å². The van der Waals surface area contributed by atoms with Crippen LogP contribution < -0.4 is 10.5 Å². The van der Waals surface area contributed by atoms with E-state index in [1.807, 2.05) is 12.1 Å². The summed E-state index contributed by atoms with van der Waals surface area (Å²) in [6.45, 7) is 0.824. The summed E-state index contributed by atoms with van der Waals surface area (Å²) in [5.41, 5.74) is 7.59. The van der Waals surface area contributed by atoms with Gasteiger partial charge in [0.05, 0.1) is 6.61 Å². The standard InChI is InChI=1S/C11H13NO/c12-10-7-11(10)5-6-13-9-4-2-1-3-8(9)11/h1-4,10H,5-7,12H2/t10-,11-/m1/s1. The zero-order valence-corrected chi connectivity index (χ0v) is 7.49. The van der Waals surface area contributed by atoms with Gasteiger partial charge in [-0.1, -0.05) is 18.2 Å². The van der Waals surface area contributed by atoms with Gasteiger partial charge in [-0.05, 0) is 18.9 Å². The SMILES string of the molecule is N[C@@H]1C[C@@]12CCOc1ccccc12. The minimum atomic E-state index is 0.273. The van der Waals surface area contributed by atoms with Crippen molar-refractivity contribution in [2.24, 2.45) is 5.73 Å². The molecule has 2 N–H and O–H groups in total. The molecule has 1 aliphatic heterocycles. The van der Waals surface area contributed by atoms with Gasteiger partial charge in [-0.2, -0.15) is 0 Å². The van der Waals surface area contributed by atoms with Crippen molar-refractivity contribution in [3.63, 3.8) is 0 Å². The molecule has 0 aromatic heterocycles. The number of rotatable bonds is 0. The first-order valence-electron chi connectivity index (χ1n) is 4.81. The Morgan fingerprint density at radius 2 is 2.15 bits per heavy atom. The summed E-state index contributed by atoms with van der Waals surface area (Å²) in [6, 6.07) is 8.65. The van der Waals surface area contributed by atoms with Gasteiger partial charge < -0.3 is 10.5 Å². The van der Waals surface area contributed by atoms with Crippen LogP contribution in [0.1, 0.15) is 18.4 Å². The third-order valence-corrected chi connectivity index (χ3v) is 3.36. The van der Waals surface area contributed by atoms with Crippen molar-refractivity contribution in [1.82, 2.24) is 0 Å². The van der Waals surface area contributed by atoms with Crippen LogP contribution in [-0.2, 0) is 5.41 Å². The maximum atomic E-state index is 5.99. The van der Waals surface area contributed by atoms with Crippen molar-refractivity contribution < 1.29 is 4.74 Å². The molecule has 0 amide bonds. The lowest BCUT2D eigenvalue weighted by Gasteiger charge is -2.26. The summed E-state index contributed by atoms with van der Waals surface area (Å²) in [4.78, 5) is 0. The van der Waals surface area contributed by atoms with E-state index >= 15 is 0 Å². The molecule has 0 unspecified atom stereocenters. The second kappa shape index (κ2) is 2.26. The molecule has 1 heterocycles. The van der Waals surface area contributed by atoms with Crippen molar-refractivity contribution in [1.29, 1.82) is 0 Å². The Kier molecular flexibility index (Phi) is 1.29. The molecule has 3 rings (SSSR count). The van der Waals surface area contributed by atoms with Crippen LogP contribution in [0.2, 0.25) is 0 Å². The van der Waals surface area contributed by atoms with Gasteiger partial charge in [-0.25, -0.2) is 0 Å². The van der Waals surface area contributed by atoms with E-state index in [4.69, 9.17) is 10.5 Å². The molecule has 2 aliphatic rings. The van der Waals surface area contributed by atoms with Gasteiger partial charge >= 0.3 is 0 Å². The van der Waals surface area contributed by atoms with Crippen LogP contribution in [-0.4, -0.2) is 12.6 Å². The molecule has 0 bridgehead atoms. The lowest BCUT2D eigenvalue weighted by atomic mass is 9.89. The molecule has 2 heteroatoms. The Bertz CT molecular complexity index is 350. The van der Waals surface area contributed by atoms with E-state index in [1.54, 1.807) is 0 Å². The topological polar surface area (TPSA) is 35.2 Å². The van der Waals surface area contributed by atoms with Gasteiger partial charge in [0.1, 0.15) is 5.75 Å². The molecule has 1 aromatic rings. The van der Waals surface area contributed by atoms with E-state index in [9.17, 15) is 0 Å². The third kappa shape index (κ3) is 0.866. The Hall–Kier alpha value is -1.02. The Balaban J connectivity index is 2.13. The van der Waals surface area contributed by atoms with E-state index in [-0.39, 0.29) is 5.41 Å². The number of hydrogen-bond donors (Lipinski definition) is 1. The molecule has 13 heavy (non-hydrogen) atoms. The minimum Gasteiger partial charge on any atom is -0.493 e. The molecule has 2 atom stereocenters. The highest BCUT2D eigenvalue weighted by Gasteiger charge is 2.55. The first kappa shape index (κ1) is 7.39. The van der Waals surface area contributed by atoms with Crippen molar-refractivity contribution in [3.05, 3.63) is 29.8 Å². The summed E-state index contributed by atoms with van der Waals surface area (Å²) in [7, 11) is 0. The molecule has 1 aliphatic carbocycles. The summed E-state index contributed by atoms with van der Waals surface area (Å²) >= 11 is 0. The third-order valence-electron chi connectivity index (χ3n) is 3.36. The first-order valence-corrected chi connectivity index (χ1v) is 4.81. The monoisotopic (exact) mass is 175 g/mol. The number of hydrogen-bond acceptors (Lipinski definition) is 2. The zero-order chi connectivity index (χ0) is 8.89. The van der Waals surface area contributed by atoms with Crippen LogP contribution >= 0.6 is 0 Å². The van der Waals surface area contributed by atoms with Gasteiger partial charge in [0, 0.05) is 17.0 Å². The predicted octanol–water partition coefficient (Wildman–Crippen LogP) is 1.44. The van der Waals surface area contributed by atoms with E-state index in [0.717, 1.165) is 25.2 Å². The Morgan fingerprint density at radius 1 is 1.38 bits per heavy atom.